The Hall–Kier alpha value is -1.48. The van der Waals surface area contributed by atoms with Gasteiger partial charge >= 0.3 is 0 Å². The van der Waals surface area contributed by atoms with Crippen LogP contribution < -0.4 is 5.32 Å². The molecular weight excluding hydrogens is 270 g/mol. The normalized spacial score (nSPS) is 16.2. The topological polar surface area (TPSA) is 29.9 Å². The highest BCUT2D eigenvalue weighted by atomic mass is 35.5. The Labute approximate surface area is 125 Å². The summed E-state index contributed by atoms with van der Waals surface area (Å²) >= 11 is 6.35. The van der Waals surface area contributed by atoms with E-state index in [1.807, 2.05) is 22.9 Å². The predicted molar refractivity (Wildman–Crippen MR) is 83.6 cm³/mol. The quantitative estimate of drug-likeness (QED) is 0.897. The van der Waals surface area contributed by atoms with Gasteiger partial charge in [0.2, 0.25) is 0 Å². The van der Waals surface area contributed by atoms with Crippen LogP contribution >= 0.6 is 11.6 Å². The number of aromatic nitrogens is 2. The maximum Gasteiger partial charge on any atom is 0.0992 e. The molecule has 4 heteroatoms. The van der Waals surface area contributed by atoms with Crippen LogP contribution in [0.4, 0.5) is 5.69 Å². The van der Waals surface area contributed by atoms with E-state index in [2.05, 4.69) is 16.4 Å². The molecule has 1 aromatic carbocycles. The predicted octanol–water partition coefficient (Wildman–Crippen LogP) is 4.52. The fraction of sp³-hybridized carbons (Fsp3) is 0.438. The van der Waals surface area contributed by atoms with Crippen LogP contribution in [0.3, 0.4) is 0 Å². The summed E-state index contributed by atoms with van der Waals surface area (Å²) in [5, 5.41) is 4.33. The molecule has 1 saturated carbocycles. The van der Waals surface area contributed by atoms with E-state index in [0.717, 1.165) is 28.9 Å². The molecule has 0 aliphatic heterocycles. The Morgan fingerprint density at radius 1 is 1.25 bits per heavy atom. The summed E-state index contributed by atoms with van der Waals surface area (Å²) in [6.45, 7) is 1.03. The zero-order chi connectivity index (χ0) is 13.8. The van der Waals surface area contributed by atoms with Gasteiger partial charge in [-0.05, 0) is 30.9 Å². The fourth-order valence-electron chi connectivity index (χ4n) is 2.96. The van der Waals surface area contributed by atoms with E-state index >= 15 is 0 Å². The lowest BCUT2D eigenvalue weighted by Crippen LogP contribution is -2.18. The van der Waals surface area contributed by atoms with Crippen LogP contribution in [0.2, 0.25) is 5.02 Å². The largest absolute Gasteiger partial charge is 0.383 e. The van der Waals surface area contributed by atoms with Crippen LogP contribution in [-0.4, -0.2) is 16.1 Å². The smallest absolute Gasteiger partial charge is 0.0992 e. The second-order valence-electron chi connectivity index (χ2n) is 5.49. The SMILES string of the molecule is Clc1cccc(NCC2CCCCC2)c1-n1ccnc1. The maximum absolute atomic E-state index is 6.35. The standard InChI is InChI=1S/C16H20ClN3/c17-14-7-4-8-15(16(14)20-10-9-18-12-20)19-11-13-5-2-1-3-6-13/h4,7-10,12-13,19H,1-3,5-6,11H2. The van der Waals surface area contributed by atoms with Gasteiger partial charge in [-0.1, -0.05) is 36.9 Å². The van der Waals surface area contributed by atoms with Crippen LogP contribution in [0.15, 0.2) is 36.9 Å². The van der Waals surface area contributed by atoms with Crippen molar-refractivity contribution in [3.05, 3.63) is 41.9 Å². The van der Waals surface area contributed by atoms with Gasteiger partial charge in [-0.3, -0.25) is 0 Å². The highest BCUT2D eigenvalue weighted by molar-refractivity contribution is 6.33. The summed E-state index contributed by atoms with van der Waals surface area (Å²) < 4.78 is 1.96. The van der Waals surface area contributed by atoms with E-state index < -0.39 is 0 Å². The van der Waals surface area contributed by atoms with Gasteiger partial charge in [-0.2, -0.15) is 0 Å². The number of hydrogen-bond donors (Lipinski definition) is 1. The van der Waals surface area contributed by atoms with Crippen molar-refractivity contribution in [1.82, 2.24) is 9.55 Å². The molecule has 0 unspecified atom stereocenters. The van der Waals surface area contributed by atoms with E-state index in [9.17, 15) is 0 Å². The summed E-state index contributed by atoms with van der Waals surface area (Å²) in [6, 6.07) is 6.00. The molecule has 1 fully saturated rings. The Kier molecular flexibility index (Phi) is 4.26. The fourth-order valence-corrected chi connectivity index (χ4v) is 3.23. The van der Waals surface area contributed by atoms with Gasteiger partial charge in [0.25, 0.3) is 0 Å². The van der Waals surface area contributed by atoms with E-state index in [1.54, 1.807) is 12.5 Å². The lowest BCUT2D eigenvalue weighted by atomic mass is 9.89. The molecule has 0 atom stereocenters. The first kappa shape index (κ1) is 13.5. The van der Waals surface area contributed by atoms with Crippen molar-refractivity contribution >= 4 is 17.3 Å². The van der Waals surface area contributed by atoms with E-state index in [0.29, 0.717) is 0 Å². The Morgan fingerprint density at radius 3 is 2.85 bits per heavy atom. The minimum atomic E-state index is 0.747. The molecular formula is C16H20ClN3. The third-order valence-corrected chi connectivity index (χ3v) is 4.36. The molecule has 1 aliphatic carbocycles. The summed E-state index contributed by atoms with van der Waals surface area (Å²) in [7, 11) is 0. The van der Waals surface area contributed by atoms with Crippen molar-refractivity contribution in [3.8, 4) is 5.69 Å². The van der Waals surface area contributed by atoms with Gasteiger partial charge in [-0.15, -0.1) is 0 Å². The van der Waals surface area contributed by atoms with Crippen LogP contribution in [0.5, 0.6) is 0 Å². The molecule has 2 aromatic rings. The minimum absolute atomic E-state index is 0.747. The van der Waals surface area contributed by atoms with Crippen molar-refractivity contribution in [2.24, 2.45) is 5.92 Å². The molecule has 20 heavy (non-hydrogen) atoms. The monoisotopic (exact) mass is 289 g/mol. The highest BCUT2D eigenvalue weighted by Gasteiger charge is 2.14. The van der Waals surface area contributed by atoms with E-state index in [-0.39, 0.29) is 0 Å². The minimum Gasteiger partial charge on any atom is -0.383 e. The summed E-state index contributed by atoms with van der Waals surface area (Å²) in [5.74, 6) is 0.790. The van der Waals surface area contributed by atoms with Crippen LogP contribution in [0.25, 0.3) is 5.69 Å². The van der Waals surface area contributed by atoms with Gasteiger partial charge in [0.05, 0.1) is 22.7 Å². The number of imidazole rings is 1. The molecule has 0 amide bonds. The number of nitrogens with one attached hydrogen (secondary N) is 1. The average molecular weight is 290 g/mol. The van der Waals surface area contributed by atoms with Gasteiger partial charge in [0, 0.05) is 18.9 Å². The molecule has 0 bridgehead atoms. The average Bonchev–Trinajstić information content (AvgIpc) is 3.00. The molecule has 1 aromatic heterocycles. The Balaban J connectivity index is 1.77. The molecule has 3 rings (SSSR count). The zero-order valence-electron chi connectivity index (χ0n) is 11.6. The lowest BCUT2D eigenvalue weighted by molar-refractivity contribution is 0.373. The van der Waals surface area contributed by atoms with Crippen molar-refractivity contribution in [2.45, 2.75) is 32.1 Å². The molecule has 106 valence electrons. The molecule has 1 N–H and O–H groups in total. The molecule has 0 radical (unpaired) electrons. The summed E-state index contributed by atoms with van der Waals surface area (Å²) in [5.41, 5.74) is 2.07. The van der Waals surface area contributed by atoms with Crippen LogP contribution in [0.1, 0.15) is 32.1 Å². The lowest BCUT2D eigenvalue weighted by Gasteiger charge is -2.23. The second kappa shape index (κ2) is 6.31. The van der Waals surface area contributed by atoms with Crippen LogP contribution in [-0.2, 0) is 0 Å². The molecule has 0 saturated heterocycles. The third-order valence-electron chi connectivity index (χ3n) is 4.06. The number of benzene rings is 1. The molecule has 3 nitrogen and oxygen atoms in total. The number of hydrogen-bond acceptors (Lipinski definition) is 2. The van der Waals surface area contributed by atoms with Crippen molar-refractivity contribution in [3.63, 3.8) is 0 Å². The van der Waals surface area contributed by atoms with Crippen molar-refractivity contribution < 1.29 is 0 Å². The van der Waals surface area contributed by atoms with Gasteiger partial charge < -0.3 is 9.88 Å². The third kappa shape index (κ3) is 2.98. The Morgan fingerprint density at radius 2 is 2.10 bits per heavy atom. The van der Waals surface area contributed by atoms with Gasteiger partial charge in [0.1, 0.15) is 0 Å². The number of rotatable bonds is 4. The number of halogens is 1. The number of para-hydroxylation sites is 1. The first-order valence-corrected chi connectivity index (χ1v) is 7.73. The van der Waals surface area contributed by atoms with Gasteiger partial charge in [0.15, 0.2) is 0 Å². The van der Waals surface area contributed by atoms with E-state index in [1.165, 1.54) is 32.1 Å². The van der Waals surface area contributed by atoms with Crippen LogP contribution in [0, 0.1) is 5.92 Å². The van der Waals surface area contributed by atoms with E-state index in [4.69, 9.17) is 11.6 Å². The molecule has 1 heterocycles. The van der Waals surface area contributed by atoms with Crippen molar-refractivity contribution in [2.75, 3.05) is 11.9 Å². The first-order valence-electron chi connectivity index (χ1n) is 7.35. The highest BCUT2D eigenvalue weighted by Crippen LogP contribution is 2.30. The molecule has 0 spiro atoms. The summed E-state index contributed by atoms with van der Waals surface area (Å²) in [6.07, 6.45) is 12.3. The molecule has 1 aliphatic rings. The summed E-state index contributed by atoms with van der Waals surface area (Å²) in [4.78, 5) is 4.11. The zero-order valence-corrected chi connectivity index (χ0v) is 12.3. The number of anilines is 1. The van der Waals surface area contributed by atoms with Gasteiger partial charge in [-0.25, -0.2) is 4.98 Å². The van der Waals surface area contributed by atoms with Crippen molar-refractivity contribution in [1.29, 1.82) is 0 Å². The maximum atomic E-state index is 6.35. The Bertz CT molecular complexity index is 545. The second-order valence-corrected chi connectivity index (χ2v) is 5.90. The number of nitrogens with zero attached hydrogens (tertiary/aromatic N) is 2. The first-order chi connectivity index (χ1) is 9.84.